The van der Waals surface area contributed by atoms with Gasteiger partial charge in [0.1, 0.15) is 0 Å². The number of hydrogen-bond acceptors (Lipinski definition) is 3. The van der Waals surface area contributed by atoms with Crippen LogP contribution in [0.5, 0.6) is 0 Å². The summed E-state index contributed by atoms with van der Waals surface area (Å²) in [4.78, 5) is 13.2. The Labute approximate surface area is 174 Å². The molecule has 1 fully saturated rings. The first-order valence-electron chi connectivity index (χ1n) is 9.86. The van der Waals surface area contributed by atoms with Crippen LogP contribution in [0, 0.1) is 0 Å². The standard InChI is InChI=1S/C22H24ClN3OS/c1-2-11-25-15-17(7-10-22(25)27)26-14-16(13-24-26)20-9-8-19(12-21(20)23)28-18-5-3-4-6-18/h7-10,12-15,18H,2-6,11H2,1H3. The van der Waals surface area contributed by atoms with Gasteiger partial charge < -0.3 is 4.57 Å². The van der Waals surface area contributed by atoms with E-state index >= 15 is 0 Å². The van der Waals surface area contributed by atoms with Crippen LogP contribution >= 0.6 is 23.4 Å². The summed E-state index contributed by atoms with van der Waals surface area (Å²) in [6, 6.07) is 9.70. The monoisotopic (exact) mass is 413 g/mol. The van der Waals surface area contributed by atoms with Gasteiger partial charge in [0.2, 0.25) is 0 Å². The van der Waals surface area contributed by atoms with Crippen molar-refractivity contribution in [3.05, 3.63) is 64.3 Å². The largest absolute Gasteiger partial charge is 0.313 e. The van der Waals surface area contributed by atoms with Crippen LogP contribution in [0.1, 0.15) is 39.0 Å². The number of thioether (sulfide) groups is 1. The van der Waals surface area contributed by atoms with Gasteiger partial charge in [-0.1, -0.05) is 37.4 Å². The van der Waals surface area contributed by atoms with E-state index in [0.717, 1.165) is 33.5 Å². The second-order valence-corrected chi connectivity index (χ2v) is 9.04. The Kier molecular flexibility index (Phi) is 5.93. The van der Waals surface area contributed by atoms with Gasteiger partial charge in [0.15, 0.2) is 0 Å². The Morgan fingerprint density at radius 3 is 2.75 bits per heavy atom. The van der Waals surface area contributed by atoms with E-state index in [-0.39, 0.29) is 5.56 Å². The zero-order valence-corrected chi connectivity index (χ0v) is 17.5. The fourth-order valence-corrected chi connectivity index (χ4v) is 5.32. The number of nitrogens with zero attached hydrogens (tertiary/aromatic N) is 3. The number of hydrogen-bond donors (Lipinski definition) is 0. The van der Waals surface area contributed by atoms with Gasteiger partial charge in [-0.25, -0.2) is 4.68 Å². The number of benzene rings is 1. The van der Waals surface area contributed by atoms with Crippen molar-refractivity contribution < 1.29 is 0 Å². The van der Waals surface area contributed by atoms with E-state index in [9.17, 15) is 4.79 Å². The fraction of sp³-hybridized carbons (Fsp3) is 0.364. The smallest absolute Gasteiger partial charge is 0.250 e. The summed E-state index contributed by atoms with van der Waals surface area (Å²) < 4.78 is 3.51. The SMILES string of the molecule is CCCn1cc(-n2cc(-c3ccc(SC4CCCC4)cc3Cl)cn2)ccc1=O. The highest BCUT2D eigenvalue weighted by Gasteiger charge is 2.17. The normalized spacial score (nSPS) is 14.6. The molecular formula is C22H24ClN3OS. The number of halogens is 1. The molecule has 2 heterocycles. The van der Waals surface area contributed by atoms with Gasteiger partial charge in [0, 0.05) is 51.3 Å². The van der Waals surface area contributed by atoms with Gasteiger partial charge >= 0.3 is 0 Å². The first-order valence-corrected chi connectivity index (χ1v) is 11.1. The second kappa shape index (κ2) is 8.58. The molecule has 3 aromatic rings. The van der Waals surface area contributed by atoms with Gasteiger partial charge in [-0.3, -0.25) is 4.79 Å². The molecule has 4 rings (SSSR count). The minimum absolute atomic E-state index is 0.0105. The van der Waals surface area contributed by atoms with Crippen molar-refractivity contribution in [3.8, 4) is 16.8 Å². The fourth-order valence-electron chi connectivity index (χ4n) is 3.67. The van der Waals surface area contributed by atoms with Crippen LogP contribution in [0.15, 0.2) is 58.6 Å². The molecule has 28 heavy (non-hydrogen) atoms. The van der Waals surface area contributed by atoms with Gasteiger partial charge in [-0.05, 0) is 37.5 Å². The predicted molar refractivity (Wildman–Crippen MR) is 117 cm³/mol. The molecule has 0 aliphatic heterocycles. The molecule has 0 spiro atoms. The van der Waals surface area contributed by atoms with Crippen molar-refractivity contribution in [2.45, 2.75) is 55.7 Å². The topological polar surface area (TPSA) is 39.8 Å². The molecule has 146 valence electrons. The molecular weight excluding hydrogens is 390 g/mol. The van der Waals surface area contributed by atoms with E-state index in [4.69, 9.17) is 11.6 Å². The lowest BCUT2D eigenvalue weighted by molar-refractivity contribution is 0.648. The average Bonchev–Trinajstić information content (AvgIpc) is 3.36. The van der Waals surface area contributed by atoms with E-state index < -0.39 is 0 Å². The highest BCUT2D eigenvalue weighted by Crippen LogP contribution is 2.38. The third kappa shape index (κ3) is 4.20. The molecule has 1 aliphatic carbocycles. The molecule has 0 N–H and O–H groups in total. The Balaban J connectivity index is 1.57. The van der Waals surface area contributed by atoms with Crippen molar-refractivity contribution >= 4 is 23.4 Å². The van der Waals surface area contributed by atoms with Crippen LogP contribution < -0.4 is 5.56 Å². The number of pyridine rings is 1. The molecule has 1 aromatic carbocycles. The van der Waals surface area contributed by atoms with Crippen molar-refractivity contribution in [1.82, 2.24) is 14.3 Å². The van der Waals surface area contributed by atoms with Crippen LogP contribution in [0.2, 0.25) is 5.02 Å². The molecule has 0 bridgehead atoms. The van der Waals surface area contributed by atoms with Crippen LogP contribution in [0.3, 0.4) is 0 Å². The Hall–Kier alpha value is -1.98. The zero-order chi connectivity index (χ0) is 19.5. The third-order valence-electron chi connectivity index (χ3n) is 5.14. The highest BCUT2D eigenvalue weighted by atomic mass is 35.5. The van der Waals surface area contributed by atoms with Crippen molar-refractivity contribution in [3.63, 3.8) is 0 Å². The molecule has 0 radical (unpaired) electrons. The maximum absolute atomic E-state index is 11.9. The van der Waals surface area contributed by atoms with E-state index in [1.807, 2.05) is 30.4 Å². The lowest BCUT2D eigenvalue weighted by atomic mass is 10.1. The first kappa shape index (κ1) is 19.3. The van der Waals surface area contributed by atoms with Gasteiger partial charge in [-0.2, -0.15) is 5.10 Å². The molecule has 6 heteroatoms. The van der Waals surface area contributed by atoms with Gasteiger partial charge in [0.05, 0.1) is 11.9 Å². The Morgan fingerprint density at radius 1 is 1.18 bits per heavy atom. The van der Waals surface area contributed by atoms with Crippen molar-refractivity contribution in [1.29, 1.82) is 0 Å². The zero-order valence-electron chi connectivity index (χ0n) is 16.0. The second-order valence-electron chi connectivity index (χ2n) is 7.26. The molecule has 1 saturated carbocycles. The summed E-state index contributed by atoms with van der Waals surface area (Å²) in [5, 5.41) is 5.95. The molecule has 0 saturated heterocycles. The summed E-state index contributed by atoms with van der Waals surface area (Å²) in [7, 11) is 0. The first-order chi connectivity index (χ1) is 13.6. The molecule has 0 atom stereocenters. The Morgan fingerprint density at radius 2 is 2.00 bits per heavy atom. The van der Waals surface area contributed by atoms with Crippen LogP contribution in [0.25, 0.3) is 16.8 Å². The molecule has 1 aliphatic rings. The van der Waals surface area contributed by atoms with Gasteiger partial charge in [-0.15, -0.1) is 11.8 Å². The van der Waals surface area contributed by atoms with Crippen molar-refractivity contribution in [2.75, 3.05) is 0 Å². The summed E-state index contributed by atoms with van der Waals surface area (Å²) in [6.45, 7) is 2.76. The van der Waals surface area contributed by atoms with E-state index in [0.29, 0.717) is 6.54 Å². The van der Waals surface area contributed by atoms with E-state index in [2.05, 4.69) is 30.2 Å². The minimum atomic E-state index is 0.0105. The summed E-state index contributed by atoms with van der Waals surface area (Å²) in [5.74, 6) is 0. The number of aryl methyl sites for hydroxylation is 1. The summed E-state index contributed by atoms with van der Waals surface area (Å²) in [6.07, 6.45) is 11.8. The minimum Gasteiger partial charge on any atom is -0.313 e. The van der Waals surface area contributed by atoms with Crippen LogP contribution in [-0.4, -0.2) is 19.6 Å². The highest BCUT2D eigenvalue weighted by molar-refractivity contribution is 8.00. The lowest BCUT2D eigenvalue weighted by Crippen LogP contribution is -2.19. The molecule has 0 unspecified atom stereocenters. The quantitative estimate of drug-likeness (QED) is 0.512. The number of rotatable bonds is 6. The average molecular weight is 414 g/mol. The number of aromatic nitrogens is 3. The summed E-state index contributed by atoms with van der Waals surface area (Å²) >= 11 is 8.54. The van der Waals surface area contributed by atoms with E-state index in [1.165, 1.54) is 30.6 Å². The molecule has 2 aromatic heterocycles. The predicted octanol–water partition coefficient (Wildman–Crippen LogP) is 5.80. The molecule has 0 amide bonds. The maximum atomic E-state index is 11.9. The lowest BCUT2D eigenvalue weighted by Gasteiger charge is -2.10. The van der Waals surface area contributed by atoms with Crippen molar-refractivity contribution in [2.24, 2.45) is 0 Å². The van der Waals surface area contributed by atoms with E-state index in [1.54, 1.807) is 21.4 Å². The summed E-state index contributed by atoms with van der Waals surface area (Å²) in [5.41, 5.74) is 2.82. The van der Waals surface area contributed by atoms with Crippen LogP contribution in [-0.2, 0) is 6.54 Å². The maximum Gasteiger partial charge on any atom is 0.250 e. The Bertz CT molecular complexity index is 1020. The van der Waals surface area contributed by atoms with Gasteiger partial charge in [0.25, 0.3) is 5.56 Å². The van der Waals surface area contributed by atoms with Crippen LogP contribution in [0.4, 0.5) is 0 Å². The third-order valence-corrected chi connectivity index (χ3v) is 6.78. The molecule has 4 nitrogen and oxygen atoms in total.